The summed E-state index contributed by atoms with van der Waals surface area (Å²) >= 11 is 3.66. The highest BCUT2D eigenvalue weighted by molar-refractivity contribution is 9.10. The van der Waals surface area contributed by atoms with Gasteiger partial charge in [-0.25, -0.2) is 0 Å². The van der Waals surface area contributed by atoms with Crippen LogP contribution in [-0.2, 0) is 28.1 Å². The molecule has 0 spiro atoms. The first-order valence-corrected chi connectivity index (χ1v) is 10.7. The number of aliphatic hydroxyl groups is 2. The molecule has 158 valence electrons. The zero-order valence-electron chi connectivity index (χ0n) is 17.2. The van der Waals surface area contributed by atoms with E-state index in [9.17, 15) is 10.2 Å². The molecule has 0 saturated carbocycles. The zero-order valence-corrected chi connectivity index (χ0v) is 18.7. The summed E-state index contributed by atoms with van der Waals surface area (Å²) in [5, 5.41) is 20.0. The van der Waals surface area contributed by atoms with E-state index in [0.29, 0.717) is 17.7 Å². The fraction of sp³-hybridized carbons (Fsp3) is 0.478. The molecule has 1 aliphatic rings. The molecule has 1 heterocycles. The second-order valence-corrected chi connectivity index (χ2v) is 8.32. The highest BCUT2D eigenvalue weighted by Gasteiger charge is 2.45. The van der Waals surface area contributed by atoms with Gasteiger partial charge in [0.15, 0.2) is 0 Å². The Labute approximate surface area is 180 Å². The summed E-state index contributed by atoms with van der Waals surface area (Å²) in [4.78, 5) is 0. The van der Waals surface area contributed by atoms with Crippen LogP contribution in [0.2, 0.25) is 0 Å². The van der Waals surface area contributed by atoms with Crippen LogP contribution in [0.3, 0.4) is 0 Å². The number of methoxy groups -OCH3 is 2. The molecule has 2 aromatic rings. The second-order valence-electron chi connectivity index (χ2n) is 7.46. The van der Waals surface area contributed by atoms with Crippen LogP contribution in [0.15, 0.2) is 40.9 Å². The Morgan fingerprint density at radius 2 is 1.86 bits per heavy atom. The Kier molecular flexibility index (Phi) is 7.35. The summed E-state index contributed by atoms with van der Waals surface area (Å²) in [5.41, 5.74) is 4.28. The number of benzene rings is 2. The zero-order chi connectivity index (χ0) is 21.0. The first-order chi connectivity index (χ1) is 13.9. The number of rotatable bonds is 7. The van der Waals surface area contributed by atoms with Gasteiger partial charge in [-0.05, 0) is 41.7 Å². The number of halogens is 1. The molecule has 5 nitrogen and oxygen atoms in total. The van der Waals surface area contributed by atoms with Gasteiger partial charge in [0, 0.05) is 24.4 Å². The van der Waals surface area contributed by atoms with E-state index >= 15 is 0 Å². The predicted octanol–water partition coefficient (Wildman–Crippen LogP) is 3.94. The normalized spacial score (nSPS) is 24.5. The molecule has 6 heteroatoms. The van der Waals surface area contributed by atoms with Crippen LogP contribution < -0.4 is 4.74 Å². The molecule has 1 aliphatic heterocycles. The number of aliphatic hydroxyl groups excluding tert-OH is 2. The molecule has 2 aromatic carbocycles. The Balaban J connectivity index is 2.01. The summed E-state index contributed by atoms with van der Waals surface area (Å²) < 4.78 is 18.5. The van der Waals surface area contributed by atoms with Gasteiger partial charge < -0.3 is 24.4 Å². The van der Waals surface area contributed by atoms with Crippen LogP contribution in [0.25, 0.3) is 0 Å². The third-order valence-corrected chi connectivity index (χ3v) is 6.27. The quantitative estimate of drug-likeness (QED) is 0.649. The molecule has 0 amide bonds. The topological polar surface area (TPSA) is 68.2 Å². The fourth-order valence-corrected chi connectivity index (χ4v) is 4.37. The molecule has 29 heavy (non-hydrogen) atoms. The number of hydrogen-bond donors (Lipinski definition) is 2. The van der Waals surface area contributed by atoms with Crippen molar-refractivity contribution in [2.24, 2.45) is 0 Å². The van der Waals surface area contributed by atoms with E-state index < -0.39 is 18.0 Å². The van der Waals surface area contributed by atoms with Crippen LogP contribution in [0, 0.1) is 0 Å². The lowest BCUT2D eigenvalue weighted by atomic mass is 9.90. The first kappa shape index (κ1) is 22.2. The van der Waals surface area contributed by atoms with Gasteiger partial charge in [0.2, 0.25) is 5.79 Å². The van der Waals surface area contributed by atoms with Gasteiger partial charge in [0.05, 0.1) is 31.5 Å². The maximum Gasteiger partial charge on any atom is 0.201 e. The van der Waals surface area contributed by atoms with E-state index in [2.05, 4.69) is 47.1 Å². The van der Waals surface area contributed by atoms with Crippen LogP contribution in [0.5, 0.6) is 5.75 Å². The third kappa shape index (κ3) is 4.84. The molecular formula is C23H29BrO5. The van der Waals surface area contributed by atoms with Crippen LogP contribution >= 0.6 is 15.9 Å². The molecule has 0 bridgehead atoms. The Morgan fingerprint density at radius 1 is 1.17 bits per heavy atom. The molecule has 0 aliphatic carbocycles. The minimum absolute atomic E-state index is 0.183. The lowest BCUT2D eigenvalue weighted by Crippen LogP contribution is -2.46. The molecule has 2 N–H and O–H groups in total. The van der Waals surface area contributed by atoms with E-state index in [4.69, 9.17) is 14.2 Å². The van der Waals surface area contributed by atoms with Crippen LogP contribution in [-0.4, -0.2) is 43.2 Å². The van der Waals surface area contributed by atoms with Crippen molar-refractivity contribution in [1.82, 2.24) is 0 Å². The Bertz CT molecular complexity index is 823. The highest BCUT2D eigenvalue weighted by atomic mass is 79.9. The summed E-state index contributed by atoms with van der Waals surface area (Å²) in [7, 11) is 3.15. The van der Waals surface area contributed by atoms with Gasteiger partial charge >= 0.3 is 0 Å². The van der Waals surface area contributed by atoms with Crippen molar-refractivity contribution >= 4 is 15.9 Å². The Hall–Kier alpha value is -1.44. The number of hydrogen-bond acceptors (Lipinski definition) is 5. The lowest BCUT2D eigenvalue weighted by molar-refractivity contribution is -0.299. The first-order valence-electron chi connectivity index (χ1n) is 9.91. The monoisotopic (exact) mass is 464 g/mol. The number of aryl methyl sites for hydroxylation is 1. The third-order valence-electron chi connectivity index (χ3n) is 5.53. The standard InChI is InChI=1S/C23H29BrO5/c1-4-15-5-7-16(8-6-15)9-17-10-20(22(27-2)12-21(17)24)23(28-3)13-18(26)11-19(14-25)29-23/h5-8,10,12,18-19,25-26H,4,9,11,13-14H2,1-3H3. The molecule has 0 aromatic heterocycles. The van der Waals surface area contributed by atoms with Gasteiger partial charge in [-0.2, -0.15) is 0 Å². The van der Waals surface area contributed by atoms with Gasteiger partial charge in [0.25, 0.3) is 0 Å². The second kappa shape index (κ2) is 9.58. The summed E-state index contributed by atoms with van der Waals surface area (Å²) in [6.45, 7) is 1.96. The van der Waals surface area contributed by atoms with E-state index in [1.807, 2.05) is 12.1 Å². The van der Waals surface area contributed by atoms with Gasteiger partial charge in [0.1, 0.15) is 5.75 Å². The Morgan fingerprint density at radius 3 is 2.45 bits per heavy atom. The van der Waals surface area contributed by atoms with E-state index in [1.165, 1.54) is 11.1 Å². The van der Waals surface area contributed by atoms with Crippen molar-refractivity contribution in [2.45, 2.75) is 50.6 Å². The summed E-state index contributed by atoms with van der Waals surface area (Å²) in [5.74, 6) is -0.577. The summed E-state index contributed by atoms with van der Waals surface area (Å²) in [6.07, 6.45) is 1.24. The maximum atomic E-state index is 10.4. The maximum absolute atomic E-state index is 10.4. The molecule has 3 rings (SSSR count). The van der Waals surface area contributed by atoms with E-state index in [0.717, 1.165) is 22.9 Å². The highest BCUT2D eigenvalue weighted by Crippen LogP contribution is 2.44. The molecule has 1 saturated heterocycles. The van der Waals surface area contributed by atoms with Gasteiger partial charge in [-0.15, -0.1) is 0 Å². The molecule has 0 radical (unpaired) electrons. The largest absolute Gasteiger partial charge is 0.496 e. The minimum Gasteiger partial charge on any atom is -0.496 e. The molecule has 3 unspecified atom stereocenters. The number of ether oxygens (including phenoxy) is 3. The fourth-order valence-electron chi connectivity index (χ4n) is 3.90. The van der Waals surface area contributed by atoms with Crippen molar-refractivity contribution < 1.29 is 24.4 Å². The van der Waals surface area contributed by atoms with Crippen molar-refractivity contribution in [2.75, 3.05) is 20.8 Å². The molecule has 1 fully saturated rings. The van der Waals surface area contributed by atoms with Crippen molar-refractivity contribution in [3.05, 3.63) is 63.1 Å². The van der Waals surface area contributed by atoms with E-state index in [-0.39, 0.29) is 13.0 Å². The summed E-state index contributed by atoms with van der Waals surface area (Å²) in [6, 6.07) is 12.5. The van der Waals surface area contributed by atoms with Gasteiger partial charge in [-0.3, -0.25) is 0 Å². The average molecular weight is 465 g/mol. The SMILES string of the molecule is CCc1ccc(Cc2cc(C3(OC)CC(O)CC(CO)O3)c(OC)cc2Br)cc1. The smallest absolute Gasteiger partial charge is 0.201 e. The van der Waals surface area contributed by atoms with Gasteiger partial charge in [-0.1, -0.05) is 47.1 Å². The molecule has 3 atom stereocenters. The van der Waals surface area contributed by atoms with Crippen LogP contribution in [0.4, 0.5) is 0 Å². The predicted molar refractivity (Wildman–Crippen MR) is 115 cm³/mol. The van der Waals surface area contributed by atoms with Crippen molar-refractivity contribution in [3.8, 4) is 5.75 Å². The lowest BCUT2D eigenvalue weighted by Gasteiger charge is -2.42. The average Bonchev–Trinajstić information content (AvgIpc) is 2.74. The van der Waals surface area contributed by atoms with E-state index in [1.54, 1.807) is 14.2 Å². The van der Waals surface area contributed by atoms with Crippen molar-refractivity contribution in [3.63, 3.8) is 0 Å². The molecular weight excluding hydrogens is 436 g/mol. The minimum atomic E-state index is -1.18. The van der Waals surface area contributed by atoms with Crippen molar-refractivity contribution in [1.29, 1.82) is 0 Å². The van der Waals surface area contributed by atoms with Crippen LogP contribution in [0.1, 0.15) is 42.0 Å².